The van der Waals surface area contributed by atoms with E-state index in [0.29, 0.717) is 6.42 Å². The summed E-state index contributed by atoms with van der Waals surface area (Å²) in [6.45, 7) is 2.07. The van der Waals surface area contributed by atoms with E-state index in [1.165, 1.54) is 0 Å². The number of imide groups is 1. The van der Waals surface area contributed by atoms with Crippen LogP contribution in [0, 0.1) is 0 Å². The van der Waals surface area contributed by atoms with Gasteiger partial charge in [0.2, 0.25) is 0 Å². The summed E-state index contributed by atoms with van der Waals surface area (Å²) in [6, 6.07) is -0.496. The van der Waals surface area contributed by atoms with E-state index in [-0.39, 0.29) is 0 Å². The highest BCUT2D eigenvalue weighted by Crippen LogP contribution is 2.13. The fourth-order valence-electron chi connectivity index (χ4n) is 1.34. The molecule has 0 aromatic rings. The summed E-state index contributed by atoms with van der Waals surface area (Å²) in [7, 11) is 0. The standard InChI is InChI=1S/C8H15N3O2/c1-2-3-4-5-8(9)6(12)10-7(13)11-8/h2-5,9H2,1H3,(H2,10,11,12,13). The summed E-state index contributed by atoms with van der Waals surface area (Å²) in [5.74, 6) is -0.423. The third kappa shape index (κ3) is 2.18. The normalized spacial score (nSPS) is 27.2. The Balaban J connectivity index is 2.46. The second kappa shape index (κ2) is 3.74. The van der Waals surface area contributed by atoms with Crippen molar-refractivity contribution < 1.29 is 9.59 Å². The molecule has 5 heteroatoms. The maximum atomic E-state index is 11.2. The highest BCUT2D eigenvalue weighted by atomic mass is 16.2. The van der Waals surface area contributed by atoms with Crippen LogP contribution in [-0.2, 0) is 4.79 Å². The number of hydrogen-bond acceptors (Lipinski definition) is 3. The first-order valence-electron chi connectivity index (χ1n) is 4.51. The van der Waals surface area contributed by atoms with Crippen molar-refractivity contribution in [3.8, 4) is 0 Å². The van der Waals surface area contributed by atoms with Crippen molar-refractivity contribution in [1.29, 1.82) is 0 Å². The van der Waals surface area contributed by atoms with Crippen LogP contribution in [0.15, 0.2) is 0 Å². The molecule has 13 heavy (non-hydrogen) atoms. The zero-order chi connectivity index (χ0) is 9.90. The number of rotatable bonds is 4. The van der Waals surface area contributed by atoms with Gasteiger partial charge in [-0.2, -0.15) is 0 Å². The predicted octanol–water partition coefficient (Wildman–Crippen LogP) is 0.0611. The molecule has 1 atom stereocenters. The minimum atomic E-state index is -1.17. The van der Waals surface area contributed by atoms with Gasteiger partial charge >= 0.3 is 6.03 Å². The minimum Gasteiger partial charge on any atom is -0.311 e. The van der Waals surface area contributed by atoms with Gasteiger partial charge in [0.05, 0.1) is 0 Å². The average molecular weight is 185 g/mol. The van der Waals surface area contributed by atoms with E-state index >= 15 is 0 Å². The van der Waals surface area contributed by atoms with E-state index in [0.717, 1.165) is 19.3 Å². The summed E-state index contributed by atoms with van der Waals surface area (Å²) in [4.78, 5) is 22.0. The Labute approximate surface area is 77.1 Å². The van der Waals surface area contributed by atoms with Crippen LogP contribution in [0.3, 0.4) is 0 Å². The Bertz CT molecular complexity index is 229. The Morgan fingerprint density at radius 3 is 2.54 bits per heavy atom. The number of carbonyl (C=O) groups is 2. The van der Waals surface area contributed by atoms with E-state index in [2.05, 4.69) is 17.6 Å². The highest BCUT2D eigenvalue weighted by molar-refractivity contribution is 6.06. The Hall–Kier alpha value is -1.10. The van der Waals surface area contributed by atoms with E-state index in [9.17, 15) is 9.59 Å². The first-order chi connectivity index (χ1) is 6.08. The molecule has 5 nitrogen and oxygen atoms in total. The molecule has 74 valence electrons. The summed E-state index contributed by atoms with van der Waals surface area (Å²) in [5, 5.41) is 4.54. The van der Waals surface area contributed by atoms with Gasteiger partial charge in [0.15, 0.2) is 5.66 Å². The van der Waals surface area contributed by atoms with Gasteiger partial charge in [0.1, 0.15) is 0 Å². The molecule has 0 radical (unpaired) electrons. The lowest BCUT2D eigenvalue weighted by molar-refractivity contribution is -0.124. The zero-order valence-electron chi connectivity index (χ0n) is 7.72. The molecule has 1 heterocycles. The third-order valence-electron chi connectivity index (χ3n) is 2.14. The van der Waals surface area contributed by atoms with Gasteiger partial charge < -0.3 is 11.1 Å². The molecule has 0 aliphatic carbocycles. The fraction of sp³-hybridized carbons (Fsp3) is 0.750. The zero-order valence-corrected chi connectivity index (χ0v) is 7.72. The lowest BCUT2D eigenvalue weighted by Gasteiger charge is -2.19. The topological polar surface area (TPSA) is 84.2 Å². The van der Waals surface area contributed by atoms with Gasteiger partial charge in [-0.1, -0.05) is 19.8 Å². The molecule has 1 aliphatic heterocycles. The molecule has 1 fully saturated rings. The van der Waals surface area contributed by atoms with Gasteiger partial charge in [0.25, 0.3) is 5.91 Å². The molecule has 0 spiro atoms. The van der Waals surface area contributed by atoms with Crippen molar-refractivity contribution in [2.75, 3.05) is 0 Å². The molecule has 0 saturated carbocycles. The van der Waals surface area contributed by atoms with E-state index < -0.39 is 17.6 Å². The molecule has 0 aromatic heterocycles. The maximum absolute atomic E-state index is 11.2. The quantitative estimate of drug-likeness (QED) is 0.427. The van der Waals surface area contributed by atoms with Gasteiger partial charge in [-0.3, -0.25) is 10.1 Å². The molecule has 1 saturated heterocycles. The average Bonchev–Trinajstić information content (AvgIpc) is 2.27. The van der Waals surface area contributed by atoms with Crippen LogP contribution in [0.25, 0.3) is 0 Å². The summed E-state index contributed by atoms with van der Waals surface area (Å²) >= 11 is 0. The molecule has 1 rings (SSSR count). The van der Waals surface area contributed by atoms with Crippen LogP contribution in [0.1, 0.15) is 32.6 Å². The first kappa shape index (κ1) is 9.98. The highest BCUT2D eigenvalue weighted by Gasteiger charge is 2.41. The Morgan fingerprint density at radius 1 is 1.38 bits per heavy atom. The summed E-state index contributed by atoms with van der Waals surface area (Å²) in [5.41, 5.74) is 4.52. The van der Waals surface area contributed by atoms with Crippen molar-refractivity contribution >= 4 is 11.9 Å². The van der Waals surface area contributed by atoms with Crippen LogP contribution in [0.2, 0.25) is 0 Å². The lowest BCUT2D eigenvalue weighted by Crippen LogP contribution is -2.55. The van der Waals surface area contributed by atoms with Gasteiger partial charge in [-0.05, 0) is 12.8 Å². The molecule has 1 unspecified atom stereocenters. The molecule has 0 bridgehead atoms. The van der Waals surface area contributed by atoms with E-state index in [1.54, 1.807) is 0 Å². The fourth-order valence-corrected chi connectivity index (χ4v) is 1.34. The molecule has 3 amide bonds. The van der Waals surface area contributed by atoms with Crippen LogP contribution in [0.4, 0.5) is 4.79 Å². The van der Waals surface area contributed by atoms with Crippen LogP contribution in [-0.4, -0.2) is 17.6 Å². The number of unbranched alkanes of at least 4 members (excludes halogenated alkanes) is 2. The molecule has 4 N–H and O–H groups in total. The van der Waals surface area contributed by atoms with Crippen LogP contribution >= 0.6 is 0 Å². The van der Waals surface area contributed by atoms with Crippen molar-refractivity contribution in [3.63, 3.8) is 0 Å². The molecular formula is C8H15N3O2. The largest absolute Gasteiger partial charge is 0.323 e. The number of carbonyl (C=O) groups excluding carboxylic acids is 2. The van der Waals surface area contributed by atoms with E-state index in [4.69, 9.17) is 5.73 Å². The van der Waals surface area contributed by atoms with Crippen LogP contribution < -0.4 is 16.4 Å². The summed E-state index contributed by atoms with van der Waals surface area (Å²) < 4.78 is 0. The van der Waals surface area contributed by atoms with E-state index in [1.807, 2.05) is 0 Å². The Kier molecular flexibility index (Phi) is 2.87. The van der Waals surface area contributed by atoms with Gasteiger partial charge in [-0.15, -0.1) is 0 Å². The third-order valence-corrected chi connectivity index (χ3v) is 2.14. The monoisotopic (exact) mass is 185 g/mol. The number of nitrogens with one attached hydrogen (secondary N) is 2. The number of hydrogen-bond donors (Lipinski definition) is 3. The smallest absolute Gasteiger partial charge is 0.311 e. The number of amides is 3. The molecular weight excluding hydrogens is 170 g/mol. The van der Waals surface area contributed by atoms with Gasteiger partial charge in [-0.25, -0.2) is 4.79 Å². The molecule has 1 aliphatic rings. The maximum Gasteiger partial charge on any atom is 0.323 e. The first-order valence-corrected chi connectivity index (χ1v) is 4.51. The van der Waals surface area contributed by atoms with Crippen molar-refractivity contribution in [3.05, 3.63) is 0 Å². The lowest BCUT2D eigenvalue weighted by atomic mass is 10.0. The second-order valence-electron chi connectivity index (χ2n) is 3.34. The SMILES string of the molecule is CCCCCC1(N)NC(=O)NC1=O. The van der Waals surface area contributed by atoms with Crippen molar-refractivity contribution in [2.45, 2.75) is 38.3 Å². The Morgan fingerprint density at radius 2 is 2.08 bits per heavy atom. The predicted molar refractivity (Wildman–Crippen MR) is 47.7 cm³/mol. The molecule has 0 aromatic carbocycles. The van der Waals surface area contributed by atoms with Crippen LogP contribution in [0.5, 0.6) is 0 Å². The minimum absolute atomic E-state index is 0.423. The van der Waals surface area contributed by atoms with Crippen molar-refractivity contribution in [2.24, 2.45) is 5.73 Å². The van der Waals surface area contributed by atoms with Gasteiger partial charge in [0, 0.05) is 0 Å². The summed E-state index contributed by atoms with van der Waals surface area (Å²) in [6.07, 6.45) is 3.42. The second-order valence-corrected chi connectivity index (χ2v) is 3.34. The number of urea groups is 1. The number of nitrogens with two attached hydrogens (primary N) is 1. The van der Waals surface area contributed by atoms with Crippen molar-refractivity contribution in [1.82, 2.24) is 10.6 Å².